The number of aliphatic hydroxyl groups excluding tert-OH is 2. The van der Waals surface area contributed by atoms with Gasteiger partial charge < -0.3 is 26.4 Å². The maximum atomic E-state index is 10.3. The van der Waals surface area contributed by atoms with E-state index in [4.69, 9.17) is 16.2 Å². The number of nitrogen functional groups attached to an aromatic ring is 1. The molecular weight excluding hydrogens is 300 g/mol. The molecule has 0 aliphatic carbocycles. The van der Waals surface area contributed by atoms with E-state index < -0.39 is 24.5 Å². The number of ether oxygens (including phenoxy) is 1. The smallest absolute Gasteiger partial charge is 0.167 e. The molecule has 0 bridgehead atoms. The highest BCUT2D eigenvalue weighted by Crippen LogP contribution is 2.34. The average molecular weight is 322 g/mol. The zero-order valence-corrected chi connectivity index (χ0v) is 13.1. The van der Waals surface area contributed by atoms with Gasteiger partial charge in [-0.3, -0.25) is 4.57 Å². The molecule has 1 unspecified atom stereocenters. The first-order valence-electron chi connectivity index (χ1n) is 7.60. The van der Waals surface area contributed by atoms with Crippen LogP contribution in [0.15, 0.2) is 12.7 Å². The van der Waals surface area contributed by atoms with E-state index in [1.54, 1.807) is 4.57 Å². The second-order valence-corrected chi connectivity index (χ2v) is 6.27. The number of hydrogen-bond acceptors (Lipinski definition) is 8. The third kappa shape index (κ3) is 2.76. The Morgan fingerprint density at radius 1 is 1.26 bits per heavy atom. The molecule has 0 spiro atoms. The monoisotopic (exact) mass is 322 g/mol. The number of fused-ring (bicyclic) bond motifs is 1. The summed E-state index contributed by atoms with van der Waals surface area (Å²) >= 11 is 0. The molecule has 5 atom stereocenters. The molecule has 1 aliphatic heterocycles. The van der Waals surface area contributed by atoms with Crippen LogP contribution in [0.1, 0.15) is 26.5 Å². The molecule has 2 aromatic heterocycles. The lowest BCUT2D eigenvalue weighted by molar-refractivity contribution is -0.0395. The predicted octanol–water partition coefficient (Wildman–Crippen LogP) is -0.599. The lowest BCUT2D eigenvalue weighted by Crippen LogP contribution is -2.37. The quantitative estimate of drug-likeness (QED) is 0.584. The summed E-state index contributed by atoms with van der Waals surface area (Å²) in [6.07, 6.45) is -0.233. The fourth-order valence-electron chi connectivity index (χ4n) is 2.75. The first-order valence-corrected chi connectivity index (χ1v) is 7.60. The number of hydrogen-bond donors (Lipinski definition) is 4. The highest BCUT2D eigenvalue weighted by atomic mass is 16.6. The molecule has 0 amide bonds. The molecule has 0 aromatic carbocycles. The van der Waals surface area contributed by atoms with Crippen LogP contribution in [0.4, 0.5) is 5.82 Å². The van der Waals surface area contributed by atoms with Gasteiger partial charge in [0.2, 0.25) is 0 Å². The van der Waals surface area contributed by atoms with Crippen LogP contribution in [0.3, 0.4) is 0 Å². The molecule has 1 fully saturated rings. The molecule has 0 saturated carbocycles. The molecule has 1 saturated heterocycles. The Morgan fingerprint density at radius 3 is 2.70 bits per heavy atom. The molecule has 3 rings (SSSR count). The zero-order chi connectivity index (χ0) is 16.7. The van der Waals surface area contributed by atoms with Gasteiger partial charge in [-0.15, -0.1) is 0 Å². The van der Waals surface area contributed by atoms with Crippen molar-refractivity contribution >= 4 is 17.0 Å². The highest BCUT2D eigenvalue weighted by molar-refractivity contribution is 5.81. The summed E-state index contributed by atoms with van der Waals surface area (Å²) in [6.45, 7) is 4.01. The first-order chi connectivity index (χ1) is 10.9. The van der Waals surface area contributed by atoms with E-state index in [1.807, 2.05) is 13.8 Å². The Labute approximate surface area is 133 Å². The Bertz CT molecular complexity index is 690. The van der Waals surface area contributed by atoms with Crippen LogP contribution in [0.2, 0.25) is 0 Å². The van der Waals surface area contributed by atoms with E-state index in [0.717, 1.165) is 0 Å². The third-order valence-electron chi connectivity index (χ3n) is 4.36. The van der Waals surface area contributed by atoms with Gasteiger partial charge in [0, 0.05) is 6.04 Å². The highest BCUT2D eigenvalue weighted by Gasteiger charge is 2.44. The van der Waals surface area contributed by atoms with Crippen molar-refractivity contribution < 1.29 is 14.9 Å². The van der Waals surface area contributed by atoms with Crippen molar-refractivity contribution in [2.45, 2.75) is 50.8 Å². The molecule has 23 heavy (non-hydrogen) atoms. The van der Waals surface area contributed by atoms with Crippen LogP contribution >= 0.6 is 0 Å². The van der Waals surface area contributed by atoms with Crippen molar-refractivity contribution in [3.63, 3.8) is 0 Å². The summed E-state index contributed by atoms with van der Waals surface area (Å²) in [7, 11) is 0. The summed E-state index contributed by atoms with van der Waals surface area (Å²) in [5.41, 5.74) is 12.7. The van der Waals surface area contributed by atoms with E-state index >= 15 is 0 Å². The standard InChI is InChI=1S/C14H22N6O3/c1-6(2)7(15)3-8-10(21)11(22)14(23-8)20-5-19-9-12(16)17-4-18-13(9)20/h4-8,10-11,14,21-22H,3,15H2,1-2H3,(H2,16,17,18)/t7?,8-,10-,11-,14-/m1/s1. The lowest BCUT2D eigenvalue weighted by Gasteiger charge is -2.21. The molecule has 2 aromatic rings. The second-order valence-electron chi connectivity index (χ2n) is 6.27. The molecule has 6 N–H and O–H groups in total. The van der Waals surface area contributed by atoms with Crippen LogP contribution in [0.25, 0.3) is 11.2 Å². The van der Waals surface area contributed by atoms with Crippen LogP contribution in [0.5, 0.6) is 0 Å². The second kappa shape index (κ2) is 6.00. The minimum atomic E-state index is -1.10. The van der Waals surface area contributed by atoms with Gasteiger partial charge in [0.1, 0.15) is 24.1 Å². The van der Waals surface area contributed by atoms with Gasteiger partial charge in [-0.1, -0.05) is 13.8 Å². The minimum Gasteiger partial charge on any atom is -0.388 e. The average Bonchev–Trinajstić information content (AvgIpc) is 3.05. The number of aromatic nitrogens is 4. The first kappa shape index (κ1) is 16.1. The Hall–Kier alpha value is -1.81. The van der Waals surface area contributed by atoms with E-state index in [-0.39, 0.29) is 17.8 Å². The molecular formula is C14H22N6O3. The van der Waals surface area contributed by atoms with Crippen molar-refractivity contribution in [2.75, 3.05) is 5.73 Å². The van der Waals surface area contributed by atoms with Crippen molar-refractivity contribution in [3.05, 3.63) is 12.7 Å². The Morgan fingerprint density at radius 2 is 2.00 bits per heavy atom. The van der Waals surface area contributed by atoms with Crippen LogP contribution in [-0.2, 0) is 4.74 Å². The number of nitrogens with zero attached hydrogens (tertiary/aromatic N) is 4. The zero-order valence-electron chi connectivity index (χ0n) is 13.1. The normalized spacial score (nSPS) is 29.5. The topological polar surface area (TPSA) is 145 Å². The van der Waals surface area contributed by atoms with Crippen molar-refractivity contribution in [1.29, 1.82) is 0 Å². The van der Waals surface area contributed by atoms with Crippen LogP contribution < -0.4 is 11.5 Å². The van der Waals surface area contributed by atoms with Gasteiger partial charge in [0.05, 0.1) is 12.4 Å². The molecule has 0 radical (unpaired) electrons. The SMILES string of the molecule is CC(C)C(N)C[C@H]1O[C@@H](n2cnc3c(N)ncnc32)[C@H](O)[C@@H]1O. The van der Waals surface area contributed by atoms with Gasteiger partial charge in [0.15, 0.2) is 17.7 Å². The summed E-state index contributed by atoms with van der Waals surface area (Å²) in [5.74, 6) is 0.503. The summed E-state index contributed by atoms with van der Waals surface area (Å²) in [5, 5.41) is 20.6. The molecule has 9 nitrogen and oxygen atoms in total. The summed E-state index contributed by atoms with van der Waals surface area (Å²) in [6, 6.07) is -0.127. The van der Waals surface area contributed by atoms with Gasteiger partial charge >= 0.3 is 0 Å². The lowest BCUT2D eigenvalue weighted by atomic mass is 9.96. The molecule has 126 valence electrons. The maximum absolute atomic E-state index is 10.3. The largest absolute Gasteiger partial charge is 0.388 e. The van der Waals surface area contributed by atoms with E-state index in [9.17, 15) is 10.2 Å². The molecule has 3 heterocycles. The number of aliphatic hydroxyl groups is 2. The maximum Gasteiger partial charge on any atom is 0.167 e. The van der Waals surface area contributed by atoms with Gasteiger partial charge in [-0.25, -0.2) is 15.0 Å². The minimum absolute atomic E-state index is 0.127. The fourth-order valence-corrected chi connectivity index (χ4v) is 2.75. The number of rotatable bonds is 4. The van der Waals surface area contributed by atoms with Crippen molar-refractivity contribution in [3.8, 4) is 0 Å². The molecule has 1 aliphatic rings. The fraction of sp³-hybridized carbons (Fsp3) is 0.643. The number of imidazole rings is 1. The van der Waals surface area contributed by atoms with Gasteiger partial charge in [-0.2, -0.15) is 0 Å². The van der Waals surface area contributed by atoms with Crippen molar-refractivity contribution in [2.24, 2.45) is 11.7 Å². The van der Waals surface area contributed by atoms with Crippen molar-refractivity contribution in [1.82, 2.24) is 19.5 Å². The third-order valence-corrected chi connectivity index (χ3v) is 4.36. The Balaban J connectivity index is 1.87. The van der Waals surface area contributed by atoms with E-state index in [0.29, 0.717) is 17.6 Å². The molecule has 9 heteroatoms. The van der Waals surface area contributed by atoms with Gasteiger partial charge in [0.25, 0.3) is 0 Å². The Kier molecular flexibility index (Phi) is 4.19. The summed E-state index contributed by atoms with van der Waals surface area (Å²) in [4.78, 5) is 12.2. The van der Waals surface area contributed by atoms with Crippen LogP contribution in [-0.4, -0.2) is 54.1 Å². The van der Waals surface area contributed by atoms with Crippen LogP contribution in [0, 0.1) is 5.92 Å². The number of anilines is 1. The van der Waals surface area contributed by atoms with E-state index in [1.165, 1.54) is 12.7 Å². The number of nitrogens with two attached hydrogens (primary N) is 2. The summed E-state index contributed by atoms with van der Waals surface area (Å²) < 4.78 is 7.40. The van der Waals surface area contributed by atoms with E-state index in [2.05, 4.69) is 15.0 Å². The van der Waals surface area contributed by atoms with Gasteiger partial charge in [-0.05, 0) is 12.3 Å². The predicted molar refractivity (Wildman–Crippen MR) is 83.1 cm³/mol.